The number of aromatic nitrogens is 2. The minimum absolute atomic E-state index is 0.380. The van der Waals surface area contributed by atoms with Crippen molar-refractivity contribution >= 4 is 11.6 Å². The highest BCUT2D eigenvalue weighted by molar-refractivity contribution is 5.71. The summed E-state index contributed by atoms with van der Waals surface area (Å²) in [5.41, 5.74) is 18.9. The van der Waals surface area contributed by atoms with Crippen LogP contribution in [-0.4, -0.2) is 23.4 Å². The van der Waals surface area contributed by atoms with Crippen LogP contribution >= 0.6 is 0 Å². The zero-order valence-electron chi connectivity index (χ0n) is 18.8. The second-order valence-electron chi connectivity index (χ2n) is 8.02. The zero-order valence-corrected chi connectivity index (χ0v) is 18.8. The molecule has 8 heteroatoms. The molecule has 0 amide bonds. The molecule has 8 nitrogen and oxygen atoms in total. The normalized spacial score (nSPS) is 11.8. The van der Waals surface area contributed by atoms with Crippen molar-refractivity contribution in [3.8, 4) is 35.0 Å². The molecule has 0 spiro atoms. The number of hydrogen-bond donors (Lipinski definition) is 2. The molecule has 0 aliphatic heterocycles. The highest BCUT2D eigenvalue weighted by Crippen LogP contribution is 2.41. The third-order valence-electron chi connectivity index (χ3n) is 6.41. The predicted octanol–water partition coefficient (Wildman–Crippen LogP) is 3.69. The first-order valence-corrected chi connectivity index (χ1v) is 10.6. The van der Waals surface area contributed by atoms with Gasteiger partial charge in [0.1, 0.15) is 35.3 Å². The summed E-state index contributed by atoms with van der Waals surface area (Å²) in [6.07, 6.45) is 0.859. The first-order chi connectivity index (χ1) is 16.5. The highest BCUT2D eigenvalue weighted by Gasteiger charge is 2.33. The van der Waals surface area contributed by atoms with Crippen LogP contribution in [0.5, 0.6) is 11.5 Å². The van der Waals surface area contributed by atoms with E-state index in [4.69, 9.17) is 20.9 Å². The van der Waals surface area contributed by atoms with Gasteiger partial charge in [0, 0.05) is 35.6 Å². The summed E-state index contributed by atoms with van der Waals surface area (Å²) in [7, 11) is 3.22. The van der Waals surface area contributed by atoms with Crippen LogP contribution in [0.2, 0.25) is 0 Å². The molecular weight excluding hydrogens is 428 g/mol. The van der Waals surface area contributed by atoms with Gasteiger partial charge < -0.3 is 20.9 Å². The first-order valence-electron chi connectivity index (χ1n) is 10.6. The van der Waals surface area contributed by atoms with Crippen LogP contribution in [0.3, 0.4) is 0 Å². The third-order valence-corrected chi connectivity index (χ3v) is 6.41. The van der Waals surface area contributed by atoms with Crippen molar-refractivity contribution in [1.82, 2.24) is 9.13 Å². The monoisotopic (exact) mass is 450 g/mol. The lowest BCUT2D eigenvalue weighted by Gasteiger charge is -2.20. The fourth-order valence-corrected chi connectivity index (χ4v) is 4.77. The minimum atomic E-state index is 0.380. The lowest BCUT2D eigenvalue weighted by molar-refractivity contribution is 0.414. The van der Waals surface area contributed by atoms with E-state index in [0.717, 1.165) is 45.4 Å². The van der Waals surface area contributed by atoms with Gasteiger partial charge in [-0.3, -0.25) is 9.13 Å². The molecule has 0 unspecified atom stereocenters. The Morgan fingerprint density at radius 1 is 0.676 bits per heavy atom. The lowest BCUT2D eigenvalue weighted by Crippen LogP contribution is -2.13. The van der Waals surface area contributed by atoms with E-state index in [1.54, 1.807) is 14.2 Å². The van der Waals surface area contributed by atoms with Crippen LogP contribution < -0.4 is 20.9 Å². The fourth-order valence-electron chi connectivity index (χ4n) is 4.77. The van der Waals surface area contributed by atoms with Crippen LogP contribution in [0.4, 0.5) is 11.6 Å². The predicted molar refractivity (Wildman–Crippen MR) is 129 cm³/mol. The van der Waals surface area contributed by atoms with E-state index < -0.39 is 0 Å². The Hall–Kier alpha value is -4.82. The molecule has 0 saturated heterocycles. The fraction of sp³-hybridized carbons (Fsp3) is 0.154. The standard InChI is InChI=1S/C26H22N6O2/c1-33-17-7-3-15(4-8-17)31-23-11-20-22(14-28)26(30)32(16-5-9-18(34-2)10-6-16)24(20)12-19(23)21(13-27)25(31)29/h3-10H,11-12,29-30H2,1-2H3. The molecule has 4 N–H and O–H groups in total. The van der Waals surface area contributed by atoms with Crippen molar-refractivity contribution < 1.29 is 9.47 Å². The number of nitriles is 2. The molecule has 0 radical (unpaired) electrons. The zero-order chi connectivity index (χ0) is 24.0. The van der Waals surface area contributed by atoms with E-state index in [-0.39, 0.29) is 0 Å². The van der Waals surface area contributed by atoms with Crippen molar-refractivity contribution in [3.05, 3.63) is 82.2 Å². The smallest absolute Gasteiger partial charge is 0.126 e. The topological polar surface area (TPSA) is 128 Å². The van der Waals surface area contributed by atoms with E-state index in [0.29, 0.717) is 35.6 Å². The molecule has 34 heavy (non-hydrogen) atoms. The van der Waals surface area contributed by atoms with E-state index in [9.17, 15) is 10.5 Å². The van der Waals surface area contributed by atoms with E-state index in [2.05, 4.69) is 12.1 Å². The molecule has 1 aliphatic carbocycles. The maximum Gasteiger partial charge on any atom is 0.126 e. The van der Waals surface area contributed by atoms with Crippen molar-refractivity contribution in [2.75, 3.05) is 25.7 Å². The van der Waals surface area contributed by atoms with Crippen LogP contribution in [0.15, 0.2) is 48.5 Å². The van der Waals surface area contributed by atoms with Gasteiger partial charge in [0.2, 0.25) is 0 Å². The second kappa shape index (κ2) is 7.95. The molecule has 4 aromatic rings. The Morgan fingerprint density at radius 3 is 1.32 bits per heavy atom. The summed E-state index contributed by atoms with van der Waals surface area (Å²) in [6, 6.07) is 19.5. The minimum Gasteiger partial charge on any atom is -0.497 e. The number of anilines is 2. The summed E-state index contributed by atoms with van der Waals surface area (Å²) in [5, 5.41) is 19.9. The maximum atomic E-state index is 9.95. The molecule has 0 bridgehead atoms. The van der Waals surface area contributed by atoms with Crippen molar-refractivity contribution in [3.63, 3.8) is 0 Å². The van der Waals surface area contributed by atoms with E-state index in [1.165, 1.54) is 0 Å². The van der Waals surface area contributed by atoms with Crippen LogP contribution in [-0.2, 0) is 12.8 Å². The third kappa shape index (κ3) is 2.97. The van der Waals surface area contributed by atoms with Crippen molar-refractivity contribution in [2.45, 2.75) is 12.8 Å². The number of benzene rings is 2. The maximum absolute atomic E-state index is 9.95. The Balaban J connectivity index is 1.70. The van der Waals surface area contributed by atoms with Gasteiger partial charge in [0.15, 0.2) is 0 Å². The molecule has 0 saturated carbocycles. The molecule has 5 rings (SSSR count). The van der Waals surface area contributed by atoms with Crippen molar-refractivity contribution in [2.24, 2.45) is 0 Å². The highest BCUT2D eigenvalue weighted by atomic mass is 16.5. The Labute approximate surface area is 196 Å². The molecule has 1 aliphatic rings. The number of fused-ring (bicyclic) bond motifs is 2. The summed E-state index contributed by atoms with van der Waals surface area (Å²) < 4.78 is 14.3. The van der Waals surface area contributed by atoms with Gasteiger partial charge in [-0.2, -0.15) is 10.5 Å². The van der Waals surface area contributed by atoms with Crippen LogP contribution in [0.25, 0.3) is 11.4 Å². The second-order valence-corrected chi connectivity index (χ2v) is 8.02. The molecule has 0 atom stereocenters. The van der Waals surface area contributed by atoms with Gasteiger partial charge in [-0.1, -0.05) is 0 Å². The van der Waals surface area contributed by atoms with Crippen LogP contribution in [0.1, 0.15) is 33.6 Å². The number of rotatable bonds is 4. The average molecular weight is 451 g/mol. The number of nitrogens with two attached hydrogens (primary N) is 2. The molecule has 2 aromatic heterocycles. The Kier molecular flexibility index (Phi) is 4.92. The molecular formula is C26H22N6O2. The van der Waals surface area contributed by atoms with Gasteiger partial charge in [0.05, 0.1) is 25.3 Å². The quantitative estimate of drug-likeness (QED) is 0.430. The van der Waals surface area contributed by atoms with Gasteiger partial charge in [-0.25, -0.2) is 0 Å². The molecule has 168 valence electrons. The summed E-state index contributed by atoms with van der Waals surface area (Å²) in [5.74, 6) is 2.21. The van der Waals surface area contributed by atoms with E-state index in [1.807, 2.05) is 57.7 Å². The summed E-state index contributed by atoms with van der Waals surface area (Å²) in [6.45, 7) is 0. The number of hydrogen-bond acceptors (Lipinski definition) is 6. The average Bonchev–Trinajstić information content (AvgIpc) is 3.30. The summed E-state index contributed by atoms with van der Waals surface area (Å²) in [4.78, 5) is 0. The first kappa shape index (κ1) is 21.0. The Morgan fingerprint density at radius 2 is 1.03 bits per heavy atom. The SMILES string of the molecule is COc1ccc(-n2c(N)c(C#N)c3c2Cc2c(C#N)c(N)n(-c4ccc(OC)cc4)c2C3)cc1. The Bertz CT molecular complexity index is 1380. The number of nitrogens with zero attached hydrogens (tertiary/aromatic N) is 4. The number of methoxy groups -OCH3 is 2. The van der Waals surface area contributed by atoms with Crippen LogP contribution in [0, 0.1) is 22.7 Å². The molecule has 2 heterocycles. The number of ether oxygens (including phenoxy) is 2. The van der Waals surface area contributed by atoms with Crippen molar-refractivity contribution in [1.29, 1.82) is 10.5 Å². The lowest BCUT2D eigenvalue weighted by atomic mass is 9.91. The van der Waals surface area contributed by atoms with Gasteiger partial charge in [-0.15, -0.1) is 0 Å². The van der Waals surface area contributed by atoms with Gasteiger partial charge in [-0.05, 0) is 59.7 Å². The van der Waals surface area contributed by atoms with Gasteiger partial charge in [0.25, 0.3) is 0 Å². The summed E-state index contributed by atoms with van der Waals surface area (Å²) >= 11 is 0. The van der Waals surface area contributed by atoms with Gasteiger partial charge >= 0.3 is 0 Å². The number of nitrogen functional groups attached to an aromatic ring is 2. The molecule has 0 fully saturated rings. The molecule has 2 aromatic carbocycles. The van der Waals surface area contributed by atoms with E-state index >= 15 is 0 Å². The largest absolute Gasteiger partial charge is 0.497 e.